The van der Waals surface area contributed by atoms with Gasteiger partial charge in [0, 0.05) is 56.8 Å². The maximum Gasteiger partial charge on any atom is 0.246 e. The third-order valence-electron chi connectivity index (χ3n) is 6.47. The highest BCUT2D eigenvalue weighted by Crippen LogP contribution is 2.42. The molecular weight excluding hydrogens is 356 g/mol. The summed E-state index contributed by atoms with van der Waals surface area (Å²) in [6.45, 7) is 4.88. The zero-order valence-corrected chi connectivity index (χ0v) is 16.5. The summed E-state index contributed by atoms with van der Waals surface area (Å²) in [7, 11) is 0. The fourth-order valence-corrected chi connectivity index (χ4v) is 5.27. The van der Waals surface area contributed by atoms with Crippen LogP contribution >= 0.6 is 0 Å². The molecule has 0 saturated carbocycles. The number of nitrogens with zero attached hydrogens (tertiary/aromatic N) is 3. The van der Waals surface area contributed by atoms with Crippen LogP contribution in [0.15, 0.2) is 24.5 Å². The van der Waals surface area contributed by atoms with Crippen LogP contribution in [0.4, 0.5) is 5.69 Å². The lowest BCUT2D eigenvalue weighted by Crippen LogP contribution is -2.67. The molecule has 0 aromatic carbocycles. The highest BCUT2D eigenvalue weighted by molar-refractivity contribution is 5.79. The van der Waals surface area contributed by atoms with Crippen LogP contribution < -0.4 is 10.2 Å². The fraction of sp³-hybridized carbons (Fsp3) is 0.667. The zero-order chi connectivity index (χ0) is 19.5. The van der Waals surface area contributed by atoms with Crippen molar-refractivity contribution < 1.29 is 14.3 Å². The molecule has 0 aliphatic carbocycles. The third-order valence-corrected chi connectivity index (χ3v) is 6.47. The van der Waals surface area contributed by atoms with Crippen molar-refractivity contribution in [3.05, 3.63) is 24.5 Å². The predicted molar refractivity (Wildman–Crippen MR) is 106 cm³/mol. The molecule has 0 radical (unpaired) electrons. The second-order valence-corrected chi connectivity index (χ2v) is 8.14. The van der Waals surface area contributed by atoms with Gasteiger partial charge in [-0.25, -0.2) is 0 Å². The second kappa shape index (κ2) is 8.47. The van der Waals surface area contributed by atoms with Crippen molar-refractivity contribution in [1.29, 1.82) is 0 Å². The first kappa shape index (κ1) is 19.2. The van der Waals surface area contributed by atoms with Gasteiger partial charge in [0.05, 0.1) is 6.04 Å². The monoisotopic (exact) mass is 386 g/mol. The Kier molecular flexibility index (Phi) is 5.80. The van der Waals surface area contributed by atoms with Gasteiger partial charge >= 0.3 is 0 Å². The first-order valence-corrected chi connectivity index (χ1v) is 10.5. The summed E-state index contributed by atoms with van der Waals surface area (Å²) < 4.78 is 5.21. The lowest BCUT2D eigenvalue weighted by Gasteiger charge is -2.57. The minimum Gasteiger partial charge on any atom is -0.372 e. The van der Waals surface area contributed by atoms with Gasteiger partial charge in [-0.05, 0) is 50.2 Å². The summed E-state index contributed by atoms with van der Waals surface area (Å²) in [5.41, 5.74) is 1.19. The van der Waals surface area contributed by atoms with Crippen molar-refractivity contribution in [3.8, 4) is 0 Å². The third kappa shape index (κ3) is 3.85. The van der Waals surface area contributed by atoms with Gasteiger partial charge in [0.2, 0.25) is 11.8 Å². The number of hydrogen-bond donors (Lipinski definition) is 1. The Morgan fingerprint density at radius 2 is 2.07 bits per heavy atom. The summed E-state index contributed by atoms with van der Waals surface area (Å²) in [4.78, 5) is 33.6. The Hall–Kier alpha value is -2.15. The van der Waals surface area contributed by atoms with Gasteiger partial charge in [-0.2, -0.15) is 0 Å². The SMILES string of the molecule is CCOCC(=O)NC[C@H]1[C@H]2C[C@H](CN(c3ccncc3)C2)[C@@H]2CCCC(=O)N21. The van der Waals surface area contributed by atoms with Crippen molar-refractivity contribution in [2.75, 3.05) is 37.7 Å². The van der Waals surface area contributed by atoms with E-state index in [-0.39, 0.29) is 30.5 Å². The van der Waals surface area contributed by atoms with E-state index in [1.54, 1.807) is 0 Å². The lowest BCUT2D eigenvalue weighted by atomic mass is 9.72. The average Bonchev–Trinajstić information content (AvgIpc) is 2.73. The largest absolute Gasteiger partial charge is 0.372 e. The van der Waals surface area contributed by atoms with E-state index in [1.165, 1.54) is 5.69 Å². The highest BCUT2D eigenvalue weighted by atomic mass is 16.5. The van der Waals surface area contributed by atoms with E-state index in [2.05, 4.69) is 32.2 Å². The minimum absolute atomic E-state index is 0.0595. The fourth-order valence-electron chi connectivity index (χ4n) is 5.27. The molecule has 28 heavy (non-hydrogen) atoms. The van der Waals surface area contributed by atoms with E-state index in [0.29, 0.717) is 31.4 Å². The first-order chi connectivity index (χ1) is 13.7. The summed E-state index contributed by atoms with van der Waals surface area (Å²) in [6.07, 6.45) is 7.47. The smallest absolute Gasteiger partial charge is 0.246 e. The zero-order valence-electron chi connectivity index (χ0n) is 16.5. The second-order valence-electron chi connectivity index (χ2n) is 8.14. The maximum atomic E-state index is 12.8. The summed E-state index contributed by atoms with van der Waals surface area (Å²) >= 11 is 0. The van der Waals surface area contributed by atoms with E-state index < -0.39 is 0 Å². The molecule has 0 spiro atoms. The molecule has 3 saturated heterocycles. The molecule has 3 aliphatic rings. The molecule has 4 heterocycles. The van der Waals surface area contributed by atoms with Crippen LogP contribution in [-0.4, -0.2) is 66.6 Å². The molecule has 4 atom stereocenters. The molecule has 7 heteroatoms. The van der Waals surface area contributed by atoms with E-state index in [0.717, 1.165) is 32.4 Å². The van der Waals surface area contributed by atoms with Crippen molar-refractivity contribution in [2.45, 2.75) is 44.7 Å². The van der Waals surface area contributed by atoms with Crippen molar-refractivity contribution in [1.82, 2.24) is 15.2 Å². The highest BCUT2D eigenvalue weighted by Gasteiger charge is 2.49. The van der Waals surface area contributed by atoms with Crippen molar-refractivity contribution >= 4 is 17.5 Å². The first-order valence-electron chi connectivity index (χ1n) is 10.5. The van der Waals surface area contributed by atoms with Gasteiger partial charge in [0.1, 0.15) is 6.61 Å². The van der Waals surface area contributed by atoms with Crippen molar-refractivity contribution in [3.63, 3.8) is 0 Å². The minimum atomic E-state index is -0.105. The summed E-state index contributed by atoms with van der Waals surface area (Å²) in [5.74, 6) is 1.00. The number of rotatable bonds is 6. The van der Waals surface area contributed by atoms with Crippen LogP contribution in [0.3, 0.4) is 0 Å². The number of carbonyl (C=O) groups excluding carboxylic acids is 2. The van der Waals surface area contributed by atoms with E-state index in [4.69, 9.17) is 4.74 Å². The Labute approximate surface area is 166 Å². The Bertz CT molecular complexity index is 698. The van der Waals surface area contributed by atoms with Crippen LogP contribution in [0.1, 0.15) is 32.6 Å². The standard InChI is InChI=1S/C21H30N4O3/c1-2-28-14-20(26)23-11-19-16-10-15(18-4-3-5-21(27)25(18)19)12-24(13-16)17-6-8-22-9-7-17/h6-9,15-16,18-19H,2-5,10-14H2,1H3,(H,23,26)/t15-,16+,18+,19+/m1/s1. The molecule has 4 rings (SSSR count). The number of hydrogen-bond acceptors (Lipinski definition) is 5. The summed E-state index contributed by atoms with van der Waals surface area (Å²) in [6, 6.07) is 4.47. The van der Waals surface area contributed by atoms with Crippen molar-refractivity contribution in [2.24, 2.45) is 11.8 Å². The molecule has 3 fully saturated rings. The molecule has 2 bridgehead atoms. The molecule has 2 amide bonds. The van der Waals surface area contributed by atoms with E-state index in [1.807, 2.05) is 19.3 Å². The van der Waals surface area contributed by atoms with Gasteiger partial charge in [0.15, 0.2) is 0 Å². The van der Waals surface area contributed by atoms with Gasteiger partial charge in [0.25, 0.3) is 0 Å². The Balaban J connectivity index is 1.52. The molecule has 1 aromatic heterocycles. The van der Waals surface area contributed by atoms with Crippen LogP contribution in [0.25, 0.3) is 0 Å². The Morgan fingerprint density at radius 3 is 2.86 bits per heavy atom. The number of anilines is 1. The molecule has 152 valence electrons. The average molecular weight is 386 g/mol. The Morgan fingerprint density at radius 1 is 1.29 bits per heavy atom. The molecule has 1 N–H and O–H groups in total. The normalized spacial score (nSPS) is 29.4. The number of pyridine rings is 1. The van der Waals surface area contributed by atoms with Gasteiger partial charge in [-0.15, -0.1) is 0 Å². The van der Waals surface area contributed by atoms with E-state index in [9.17, 15) is 9.59 Å². The van der Waals surface area contributed by atoms with Crippen LogP contribution in [0.5, 0.6) is 0 Å². The summed E-state index contributed by atoms with van der Waals surface area (Å²) in [5, 5.41) is 3.01. The number of carbonyl (C=O) groups is 2. The number of fused-ring (bicyclic) bond motifs is 4. The number of nitrogens with one attached hydrogen (secondary N) is 1. The van der Waals surface area contributed by atoms with Crippen LogP contribution in [0.2, 0.25) is 0 Å². The van der Waals surface area contributed by atoms with Crippen LogP contribution in [0, 0.1) is 11.8 Å². The van der Waals surface area contributed by atoms with Crippen LogP contribution in [-0.2, 0) is 14.3 Å². The topological polar surface area (TPSA) is 74.8 Å². The quantitative estimate of drug-likeness (QED) is 0.801. The lowest BCUT2D eigenvalue weighted by molar-refractivity contribution is -0.149. The van der Waals surface area contributed by atoms with Gasteiger partial charge in [-0.1, -0.05) is 0 Å². The number of amides is 2. The van der Waals surface area contributed by atoms with Gasteiger partial charge < -0.3 is 19.9 Å². The number of aromatic nitrogens is 1. The molecule has 0 unspecified atom stereocenters. The number of piperidine rings is 3. The van der Waals surface area contributed by atoms with Gasteiger partial charge in [-0.3, -0.25) is 14.6 Å². The van der Waals surface area contributed by atoms with E-state index >= 15 is 0 Å². The molecule has 1 aromatic rings. The predicted octanol–water partition coefficient (Wildman–Crippen LogP) is 1.44. The molecule has 7 nitrogen and oxygen atoms in total. The molecule has 3 aliphatic heterocycles. The molecular formula is C21H30N4O3. The number of ether oxygens (including phenoxy) is 1. The maximum absolute atomic E-state index is 12.8.